The highest BCUT2D eigenvalue weighted by Crippen LogP contribution is 1.94. The molecule has 9 heavy (non-hydrogen) atoms. The molecule has 0 atom stereocenters. The van der Waals surface area contributed by atoms with Crippen LogP contribution in [-0.4, -0.2) is 43.1 Å². The van der Waals surface area contributed by atoms with Crippen molar-refractivity contribution in [2.45, 2.75) is 6.42 Å². The van der Waals surface area contributed by atoms with Gasteiger partial charge in [0.25, 0.3) is 0 Å². The Labute approximate surface area is 56.4 Å². The summed E-state index contributed by atoms with van der Waals surface area (Å²) in [7, 11) is 2.14. The van der Waals surface area contributed by atoms with Crippen LogP contribution in [0.1, 0.15) is 6.42 Å². The number of rotatable bonds is 0. The summed E-state index contributed by atoms with van der Waals surface area (Å²) in [6, 6.07) is 0. The number of hydrogen-bond acceptors (Lipinski definition) is 3. The van der Waals surface area contributed by atoms with Crippen molar-refractivity contribution in [2.24, 2.45) is 5.84 Å². The molecule has 1 rings (SSSR count). The molecule has 1 fully saturated rings. The Morgan fingerprint density at radius 3 is 2.67 bits per heavy atom. The largest absolute Gasteiger partial charge is 0.305 e. The van der Waals surface area contributed by atoms with Gasteiger partial charge < -0.3 is 4.90 Å². The SMILES string of the molecule is CN1CCCN(N)CC1. The van der Waals surface area contributed by atoms with Gasteiger partial charge in [-0.25, -0.2) is 5.01 Å². The highest BCUT2D eigenvalue weighted by Gasteiger charge is 2.06. The molecule has 0 unspecified atom stereocenters. The van der Waals surface area contributed by atoms with Crippen molar-refractivity contribution in [3.8, 4) is 0 Å². The molecule has 1 aliphatic heterocycles. The van der Waals surface area contributed by atoms with Crippen LogP contribution >= 0.6 is 0 Å². The van der Waals surface area contributed by atoms with E-state index in [-0.39, 0.29) is 0 Å². The maximum absolute atomic E-state index is 5.60. The van der Waals surface area contributed by atoms with Crippen LogP contribution in [0.3, 0.4) is 0 Å². The van der Waals surface area contributed by atoms with Crippen LogP contribution in [0.4, 0.5) is 0 Å². The van der Waals surface area contributed by atoms with Gasteiger partial charge in [0.05, 0.1) is 0 Å². The summed E-state index contributed by atoms with van der Waals surface area (Å²) < 4.78 is 0. The second kappa shape index (κ2) is 3.15. The van der Waals surface area contributed by atoms with E-state index in [4.69, 9.17) is 5.84 Å². The zero-order chi connectivity index (χ0) is 6.69. The van der Waals surface area contributed by atoms with Crippen LogP contribution in [0, 0.1) is 0 Å². The van der Waals surface area contributed by atoms with Crippen molar-refractivity contribution in [2.75, 3.05) is 33.2 Å². The number of nitrogens with zero attached hydrogens (tertiary/aromatic N) is 2. The molecule has 0 bridgehead atoms. The third kappa shape index (κ3) is 2.30. The average Bonchev–Trinajstić information content (AvgIpc) is 1.97. The molecule has 1 aliphatic rings. The van der Waals surface area contributed by atoms with Crippen LogP contribution < -0.4 is 5.84 Å². The number of likely N-dealkylation sites (N-methyl/N-ethyl adjacent to an activating group) is 1. The topological polar surface area (TPSA) is 32.5 Å². The minimum absolute atomic E-state index is 1.01. The van der Waals surface area contributed by atoms with Gasteiger partial charge >= 0.3 is 0 Å². The molecule has 3 nitrogen and oxygen atoms in total. The van der Waals surface area contributed by atoms with Crippen LogP contribution in [0.5, 0.6) is 0 Å². The molecular formula is C6H15N3. The van der Waals surface area contributed by atoms with Crippen molar-refractivity contribution in [1.29, 1.82) is 0 Å². The molecule has 0 aromatic carbocycles. The molecule has 1 heterocycles. The van der Waals surface area contributed by atoms with Crippen molar-refractivity contribution in [3.05, 3.63) is 0 Å². The van der Waals surface area contributed by atoms with Crippen molar-refractivity contribution < 1.29 is 0 Å². The highest BCUT2D eigenvalue weighted by atomic mass is 15.4. The van der Waals surface area contributed by atoms with E-state index in [0.717, 1.165) is 19.6 Å². The van der Waals surface area contributed by atoms with E-state index in [0.29, 0.717) is 0 Å². The summed E-state index contributed by atoms with van der Waals surface area (Å²) in [5.41, 5.74) is 0. The van der Waals surface area contributed by atoms with Crippen molar-refractivity contribution in [3.63, 3.8) is 0 Å². The fraction of sp³-hybridized carbons (Fsp3) is 1.00. The first-order valence-corrected chi connectivity index (χ1v) is 3.47. The lowest BCUT2D eigenvalue weighted by molar-refractivity contribution is 0.285. The van der Waals surface area contributed by atoms with Gasteiger partial charge in [0.2, 0.25) is 0 Å². The lowest BCUT2D eigenvalue weighted by Gasteiger charge is -2.12. The maximum atomic E-state index is 5.60. The van der Waals surface area contributed by atoms with Crippen LogP contribution in [-0.2, 0) is 0 Å². The minimum Gasteiger partial charge on any atom is -0.305 e. The Morgan fingerprint density at radius 1 is 1.11 bits per heavy atom. The van der Waals surface area contributed by atoms with Gasteiger partial charge in [-0.3, -0.25) is 5.84 Å². The molecule has 0 amide bonds. The molecule has 0 aliphatic carbocycles. The molecule has 0 aromatic rings. The zero-order valence-corrected chi connectivity index (χ0v) is 6.01. The first-order valence-electron chi connectivity index (χ1n) is 3.47. The smallest absolute Gasteiger partial charge is 0.0256 e. The fourth-order valence-electron chi connectivity index (χ4n) is 1.07. The first kappa shape index (κ1) is 6.99. The first-order chi connectivity index (χ1) is 4.29. The van der Waals surface area contributed by atoms with Gasteiger partial charge in [0, 0.05) is 19.6 Å². The molecule has 2 N–H and O–H groups in total. The van der Waals surface area contributed by atoms with Gasteiger partial charge in [-0.05, 0) is 20.0 Å². The minimum atomic E-state index is 1.01. The normalized spacial score (nSPS) is 26.0. The van der Waals surface area contributed by atoms with Gasteiger partial charge in [0.1, 0.15) is 0 Å². The van der Waals surface area contributed by atoms with Crippen LogP contribution in [0.25, 0.3) is 0 Å². The second-order valence-corrected chi connectivity index (χ2v) is 2.69. The van der Waals surface area contributed by atoms with E-state index >= 15 is 0 Å². The Kier molecular flexibility index (Phi) is 2.45. The fourth-order valence-corrected chi connectivity index (χ4v) is 1.07. The summed E-state index contributed by atoms with van der Waals surface area (Å²) >= 11 is 0. The van der Waals surface area contributed by atoms with Crippen LogP contribution in [0.15, 0.2) is 0 Å². The second-order valence-electron chi connectivity index (χ2n) is 2.69. The molecule has 0 spiro atoms. The van der Waals surface area contributed by atoms with E-state index in [2.05, 4.69) is 11.9 Å². The van der Waals surface area contributed by atoms with Crippen molar-refractivity contribution in [1.82, 2.24) is 9.91 Å². The zero-order valence-electron chi connectivity index (χ0n) is 6.01. The lowest BCUT2D eigenvalue weighted by atomic mass is 10.4. The quantitative estimate of drug-likeness (QED) is 0.447. The predicted octanol–water partition coefficient (Wildman–Crippen LogP) is -0.502. The number of nitrogens with two attached hydrogens (primary N) is 1. The monoisotopic (exact) mass is 129 g/mol. The molecule has 3 heteroatoms. The predicted molar refractivity (Wildman–Crippen MR) is 37.9 cm³/mol. The molecule has 1 saturated heterocycles. The number of hydrazine groups is 1. The van der Waals surface area contributed by atoms with E-state index in [1.807, 2.05) is 5.01 Å². The number of hydrogen-bond donors (Lipinski definition) is 1. The maximum Gasteiger partial charge on any atom is 0.0256 e. The third-order valence-electron chi connectivity index (χ3n) is 1.75. The van der Waals surface area contributed by atoms with Crippen LogP contribution in [0.2, 0.25) is 0 Å². The summed E-state index contributed by atoms with van der Waals surface area (Å²) in [5, 5.41) is 1.89. The Hall–Kier alpha value is -0.120. The summed E-state index contributed by atoms with van der Waals surface area (Å²) in [5.74, 6) is 5.60. The van der Waals surface area contributed by atoms with E-state index < -0.39 is 0 Å². The Morgan fingerprint density at radius 2 is 1.89 bits per heavy atom. The van der Waals surface area contributed by atoms with E-state index in [1.54, 1.807) is 0 Å². The Balaban J connectivity index is 2.25. The molecule has 0 aromatic heterocycles. The van der Waals surface area contributed by atoms with Gasteiger partial charge in [-0.1, -0.05) is 0 Å². The molecule has 54 valence electrons. The summed E-state index contributed by atoms with van der Waals surface area (Å²) in [6.07, 6.45) is 1.20. The standard InChI is InChI=1S/C6H15N3/c1-8-3-2-4-9(7)6-5-8/h2-7H2,1H3. The molecule has 0 saturated carbocycles. The lowest BCUT2D eigenvalue weighted by Crippen LogP contribution is -2.34. The third-order valence-corrected chi connectivity index (χ3v) is 1.75. The van der Waals surface area contributed by atoms with Gasteiger partial charge in [-0.15, -0.1) is 0 Å². The van der Waals surface area contributed by atoms with E-state index in [9.17, 15) is 0 Å². The summed E-state index contributed by atoms with van der Waals surface area (Å²) in [4.78, 5) is 2.31. The summed E-state index contributed by atoms with van der Waals surface area (Å²) in [6.45, 7) is 4.35. The molecular weight excluding hydrogens is 114 g/mol. The van der Waals surface area contributed by atoms with E-state index in [1.165, 1.54) is 13.0 Å². The molecule has 0 radical (unpaired) electrons. The average molecular weight is 129 g/mol. The van der Waals surface area contributed by atoms with Gasteiger partial charge in [-0.2, -0.15) is 0 Å². The Bertz CT molecular complexity index is 74.4. The van der Waals surface area contributed by atoms with Gasteiger partial charge in [0.15, 0.2) is 0 Å². The van der Waals surface area contributed by atoms with Crippen molar-refractivity contribution >= 4 is 0 Å². The highest BCUT2D eigenvalue weighted by molar-refractivity contribution is 4.61.